The van der Waals surface area contributed by atoms with Crippen LogP contribution in [-0.4, -0.2) is 19.1 Å². The Morgan fingerprint density at radius 2 is 2.33 bits per heavy atom. The van der Waals surface area contributed by atoms with Crippen LogP contribution < -0.4 is 5.32 Å². The number of ether oxygens (including phenoxy) is 1. The monoisotopic (exact) mass is 243 g/mol. The molecule has 0 saturated carbocycles. The van der Waals surface area contributed by atoms with Crippen LogP contribution in [0.15, 0.2) is 24.3 Å². The third-order valence-electron chi connectivity index (χ3n) is 3.08. The number of carbonyl (C=O) groups excluding carboxylic acids is 1. The number of esters is 1. The molecule has 0 fully saturated rings. The SMILES string of the molecule is C#CCNCC(=O)OC1CCCc2ccccc21. The topological polar surface area (TPSA) is 38.3 Å². The molecule has 1 aromatic rings. The van der Waals surface area contributed by atoms with Crippen LogP contribution >= 0.6 is 0 Å². The van der Waals surface area contributed by atoms with Crippen molar-refractivity contribution in [1.82, 2.24) is 5.32 Å². The lowest BCUT2D eigenvalue weighted by Gasteiger charge is -2.25. The second-order valence-corrected chi connectivity index (χ2v) is 4.38. The number of aryl methyl sites for hydroxylation is 1. The molecular formula is C15H17NO2. The van der Waals surface area contributed by atoms with E-state index < -0.39 is 0 Å². The van der Waals surface area contributed by atoms with E-state index in [1.54, 1.807) is 0 Å². The molecule has 0 bridgehead atoms. The molecule has 0 aliphatic heterocycles. The van der Waals surface area contributed by atoms with E-state index in [2.05, 4.69) is 17.3 Å². The first-order valence-corrected chi connectivity index (χ1v) is 6.22. The summed E-state index contributed by atoms with van der Waals surface area (Å²) >= 11 is 0. The van der Waals surface area contributed by atoms with Gasteiger partial charge in [-0.2, -0.15) is 0 Å². The summed E-state index contributed by atoms with van der Waals surface area (Å²) in [5.41, 5.74) is 2.44. The van der Waals surface area contributed by atoms with Gasteiger partial charge in [-0.3, -0.25) is 10.1 Å². The van der Waals surface area contributed by atoms with Gasteiger partial charge in [0, 0.05) is 0 Å². The fourth-order valence-electron chi connectivity index (χ4n) is 2.27. The minimum atomic E-state index is -0.244. The maximum Gasteiger partial charge on any atom is 0.320 e. The Bertz CT molecular complexity index is 462. The van der Waals surface area contributed by atoms with Gasteiger partial charge in [-0.05, 0) is 30.4 Å². The number of benzene rings is 1. The van der Waals surface area contributed by atoms with E-state index >= 15 is 0 Å². The summed E-state index contributed by atoms with van der Waals surface area (Å²) < 4.78 is 5.49. The fraction of sp³-hybridized carbons (Fsp3) is 0.400. The van der Waals surface area contributed by atoms with E-state index in [-0.39, 0.29) is 18.6 Å². The molecule has 1 aliphatic rings. The van der Waals surface area contributed by atoms with Crippen molar-refractivity contribution in [3.05, 3.63) is 35.4 Å². The predicted molar refractivity (Wildman–Crippen MR) is 69.9 cm³/mol. The van der Waals surface area contributed by atoms with Crippen LogP contribution in [0, 0.1) is 12.3 Å². The molecule has 0 saturated heterocycles. The Kier molecular flexibility index (Phi) is 4.38. The first-order chi connectivity index (χ1) is 8.81. The summed E-state index contributed by atoms with van der Waals surface area (Å²) in [5.74, 6) is 2.18. The van der Waals surface area contributed by atoms with Crippen LogP contribution in [0.4, 0.5) is 0 Å². The van der Waals surface area contributed by atoms with Crippen molar-refractivity contribution in [1.29, 1.82) is 0 Å². The molecule has 1 aliphatic carbocycles. The zero-order valence-corrected chi connectivity index (χ0v) is 10.3. The number of terminal acetylenes is 1. The Morgan fingerprint density at radius 3 is 3.17 bits per heavy atom. The van der Waals surface area contributed by atoms with E-state index in [1.807, 2.05) is 18.2 Å². The van der Waals surface area contributed by atoms with Crippen LogP contribution in [0.2, 0.25) is 0 Å². The quantitative estimate of drug-likeness (QED) is 0.498. The maximum absolute atomic E-state index is 11.6. The molecule has 0 radical (unpaired) electrons. The highest BCUT2D eigenvalue weighted by Crippen LogP contribution is 2.32. The van der Waals surface area contributed by atoms with Crippen LogP contribution in [0.1, 0.15) is 30.1 Å². The molecule has 3 heteroatoms. The van der Waals surface area contributed by atoms with E-state index in [4.69, 9.17) is 11.2 Å². The molecule has 1 unspecified atom stereocenters. The standard InChI is InChI=1S/C15H17NO2/c1-2-10-16-11-15(17)18-14-9-5-7-12-6-3-4-8-13(12)14/h1,3-4,6,8,14,16H,5,7,9-11H2. The second-order valence-electron chi connectivity index (χ2n) is 4.38. The highest BCUT2D eigenvalue weighted by atomic mass is 16.5. The van der Waals surface area contributed by atoms with E-state index in [1.165, 1.54) is 5.56 Å². The largest absolute Gasteiger partial charge is 0.457 e. The summed E-state index contributed by atoms with van der Waals surface area (Å²) in [7, 11) is 0. The Balaban J connectivity index is 1.95. The smallest absolute Gasteiger partial charge is 0.320 e. The number of hydrogen-bond donors (Lipinski definition) is 1. The Hall–Kier alpha value is -1.79. The number of hydrogen-bond acceptors (Lipinski definition) is 3. The van der Waals surface area contributed by atoms with E-state index in [0.717, 1.165) is 24.8 Å². The molecule has 0 amide bonds. The molecule has 1 atom stereocenters. The number of fused-ring (bicyclic) bond motifs is 1. The lowest BCUT2D eigenvalue weighted by atomic mass is 9.89. The highest BCUT2D eigenvalue weighted by molar-refractivity contribution is 5.72. The molecule has 1 aromatic carbocycles. The fourth-order valence-corrected chi connectivity index (χ4v) is 2.27. The first-order valence-electron chi connectivity index (χ1n) is 6.22. The zero-order chi connectivity index (χ0) is 12.8. The van der Waals surface area contributed by atoms with Gasteiger partial charge in [-0.1, -0.05) is 30.2 Å². The summed E-state index contributed by atoms with van der Waals surface area (Å²) in [6, 6.07) is 8.16. The highest BCUT2D eigenvalue weighted by Gasteiger charge is 2.22. The summed E-state index contributed by atoms with van der Waals surface area (Å²) in [6.07, 6.45) is 8.03. The van der Waals surface area contributed by atoms with Gasteiger partial charge in [0.25, 0.3) is 0 Å². The van der Waals surface area contributed by atoms with Crippen LogP contribution in [0.5, 0.6) is 0 Å². The third-order valence-corrected chi connectivity index (χ3v) is 3.08. The normalized spacial score (nSPS) is 17.6. The molecule has 2 rings (SSSR count). The van der Waals surface area contributed by atoms with E-state index in [9.17, 15) is 4.79 Å². The number of carbonyl (C=O) groups is 1. The van der Waals surface area contributed by atoms with Crippen molar-refractivity contribution in [3.63, 3.8) is 0 Å². The van der Waals surface area contributed by atoms with Crippen molar-refractivity contribution in [2.45, 2.75) is 25.4 Å². The van der Waals surface area contributed by atoms with Gasteiger partial charge in [0.2, 0.25) is 0 Å². The number of rotatable bonds is 4. The van der Waals surface area contributed by atoms with Gasteiger partial charge in [0.15, 0.2) is 0 Å². The first kappa shape index (κ1) is 12.7. The molecule has 0 heterocycles. The van der Waals surface area contributed by atoms with Crippen molar-refractivity contribution >= 4 is 5.97 Å². The minimum absolute atomic E-state index is 0.102. The van der Waals surface area contributed by atoms with Gasteiger partial charge >= 0.3 is 5.97 Å². The average Bonchev–Trinajstić information content (AvgIpc) is 2.39. The summed E-state index contributed by atoms with van der Waals surface area (Å²) in [5, 5.41) is 2.84. The van der Waals surface area contributed by atoms with Crippen LogP contribution in [0.3, 0.4) is 0 Å². The van der Waals surface area contributed by atoms with E-state index in [0.29, 0.717) is 6.54 Å². The van der Waals surface area contributed by atoms with Gasteiger partial charge < -0.3 is 4.74 Å². The molecule has 3 nitrogen and oxygen atoms in total. The lowest BCUT2D eigenvalue weighted by Crippen LogP contribution is -2.27. The minimum Gasteiger partial charge on any atom is -0.457 e. The Morgan fingerprint density at radius 1 is 1.50 bits per heavy atom. The number of nitrogens with one attached hydrogen (secondary N) is 1. The molecule has 0 aromatic heterocycles. The lowest BCUT2D eigenvalue weighted by molar-refractivity contribution is -0.149. The van der Waals surface area contributed by atoms with Gasteiger partial charge in [-0.15, -0.1) is 6.42 Å². The molecule has 18 heavy (non-hydrogen) atoms. The van der Waals surface area contributed by atoms with Gasteiger partial charge in [-0.25, -0.2) is 0 Å². The Labute approximate surface area is 108 Å². The molecule has 1 N–H and O–H groups in total. The summed E-state index contributed by atoms with van der Waals surface area (Å²) in [6.45, 7) is 0.555. The van der Waals surface area contributed by atoms with Crippen molar-refractivity contribution < 1.29 is 9.53 Å². The molecular weight excluding hydrogens is 226 g/mol. The second kappa shape index (κ2) is 6.23. The zero-order valence-electron chi connectivity index (χ0n) is 10.3. The van der Waals surface area contributed by atoms with Crippen molar-refractivity contribution in [2.24, 2.45) is 0 Å². The van der Waals surface area contributed by atoms with Gasteiger partial charge in [0.05, 0.1) is 13.1 Å². The molecule has 0 spiro atoms. The average molecular weight is 243 g/mol. The predicted octanol–water partition coefficient (Wildman–Crippen LogP) is 1.83. The van der Waals surface area contributed by atoms with Crippen LogP contribution in [0.25, 0.3) is 0 Å². The maximum atomic E-state index is 11.6. The molecule has 94 valence electrons. The van der Waals surface area contributed by atoms with Crippen molar-refractivity contribution in [2.75, 3.05) is 13.1 Å². The summed E-state index contributed by atoms with van der Waals surface area (Å²) in [4.78, 5) is 11.6. The van der Waals surface area contributed by atoms with Gasteiger partial charge in [0.1, 0.15) is 6.10 Å². The van der Waals surface area contributed by atoms with Crippen LogP contribution in [-0.2, 0) is 16.0 Å². The van der Waals surface area contributed by atoms with Crippen molar-refractivity contribution in [3.8, 4) is 12.3 Å². The third kappa shape index (κ3) is 3.12.